The Labute approximate surface area is 774 Å². The average Bonchev–Trinajstić information content (AvgIpc) is 1.54. The van der Waals surface area contributed by atoms with Gasteiger partial charge in [-0.15, -0.1) is 0 Å². The Morgan fingerprint density at radius 3 is 1.41 bits per heavy atom. The third-order valence-corrected chi connectivity index (χ3v) is 30.9. The van der Waals surface area contributed by atoms with Gasteiger partial charge >= 0.3 is 48.4 Å². The lowest BCUT2D eigenvalue weighted by Gasteiger charge is -2.42. The molecule has 3 fully saturated rings. The highest BCUT2D eigenvalue weighted by atomic mass is 28.4. The molecule has 4 aromatic rings. The number of rotatable bonds is 45. The molecule has 133 heavy (non-hydrogen) atoms. The van der Waals surface area contributed by atoms with E-state index in [0.717, 1.165) is 35.4 Å². The number of nitro groups is 1. The molecule has 3 aliphatic rings. The van der Waals surface area contributed by atoms with Gasteiger partial charge in [0.15, 0.2) is 63.7 Å². The lowest BCUT2D eigenvalue weighted by atomic mass is 9.98. The van der Waals surface area contributed by atoms with Crippen molar-refractivity contribution in [2.75, 3.05) is 103 Å². The Bertz CT molecular complexity index is 4910. The Morgan fingerprint density at radius 1 is 0.526 bits per heavy atom. The van der Waals surface area contributed by atoms with Gasteiger partial charge in [0.2, 0.25) is 24.2 Å². The zero-order valence-corrected chi connectivity index (χ0v) is 79.8. The van der Waals surface area contributed by atoms with Crippen LogP contribution in [-0.4, -0.2) is 239 Å². The van der Waals surface area contributed by atoms with Crippen molar-refractivity contribution in [3.05, 3.63) is 187 Å². The standard InChI is InChI=1S/C92H122N8O31Si2/c1-23-35-118-83(105)77-75(129-88(109)120-37-25-3)76(130-89(110)121-38-26-4)78(131-90(111)122-39-27-5)84(128-77)127-69-34-31-60(44-68(69)100(112)113)52-124-86(107)96-67-48-73(71(115-18)46-65(67)82(104)99-50-57(9)43-63(99)54-126-133(21,22)92(14,15)16)117-41-28-40-116-72-47-66(64(45-70(72)114-17)81(103)98-49-56(8)42-62(98)53-125-132(19,20)91(11,12)13)95-85(106)123-51-59-29-32-61(33-30-59)94-79(101)58(10)93-80(102)74(55(6)7)97-87(108)119-36-24-2/h23-27,29-34,44-48,55,58,62-63,74-78,84H,1-5,8-9,28,35-43,49-54H2,6-7,10-22H3,(H,93,102)(H,94,101)(H,95,106)(H,96,107)(H,97,108)/t58-,62-,63-,74-,75-,76-,77-,78+,84+/m0/s1. The Hall–Kier alpha value is -13.3. The zero-order valence-electron chi connectivity index (χ0n) is 77.8. The summed E-state index contributed by atoms with van der Waals surface area (Å²) < 4.78 is 103. The van der Waals surface area contributed by atoms with Crippen LogP contribution in [0.15, 0.2) is 154 Å². The summed E-state index contributed by atoms with van der Waals surface area (Å²) in [5.41, 5.74) is 1.15. The molecule has 7 rings (SSSR count). The minimum absolute atomic E-state index is 0.00185. The number of hydrogen-bond donors (Lipinski definition) is 5. The Kier molecular flexibility index (Phi) is 39.6. The molecule has 4 aromatic carbocycles. The largest absolute Gasteiger partial charge is 0.509 e. The minimum Gasteiger partial charge on any atom is -0.493 e. The molecule has 0 unspecified atom stereocenters. The first-order valence-corrected chi connectivity index (χ1v) is 48.4. The number of ether oxygens (including phenoxy) is 16. The van der Waals surface area contributed by atoms with Crippen LogP contribution in [0.1, 0.15) is 113 Å². The molecule has 3 saturated heterocycles. The highest BCUT2D eigenvalue weighted by molar-refractivity contribution is 6.74. The molecular formula is C92H122N8O31Si2. The molecule has 0 aromatic heterocycles. The van der Waals surface area contributed by atoms with Crippen molar-refractivity contribution in [3.8, 4) is 28.7 Å². The smallest absolute Gasteiger partial charge is 0.493 e. The van der Waals surface area contributed by atoms with Crippen LogP contribution in [0.2, 0.25) is 36.3 Å². The van der Waals surface area contributed by atoms with Crippen LogP contribution in [0.5, 0.6) is 28.7 Å². The zero-order chi connectivity index (χ0) is 98.4. The Balaban J connectivity index is 1.16. The van der Waals surface area contributed by atoms with E-state index >= 15 is 9.59 Å². The maximum absolute atomic E-state index is 15.2. The van der Waals surface area contributed by atoms with Crippen LogP contribution < -0.4 is 50.3 Å². The second-order valence-corrected chi connectivity index (χ2v) is 43.9. The fourth-order valence-electron chi connectivity index (χ4n) is 12.8. The van der Waals surface area contributed by atoms with E-state index in [1.165, 1.54) is 69.7 Å². The van der Waals surface area contributed by atoms with Gasteiger partial charge in [-0.2, -0.15) is 0 Å². The monoisotopic (exact) mass is 1890 g/mol. The van der Waals surface area contributed by atoms with E-state index in [4.69, 9.17) is 84.6 Å². The molecule has 7 amide bonds. The first-order valence-electron chi connectivity index (χ1n) is 42.6. The second-order valence-electron chi connectivity index (χ2n) is 34.3. The number of nitrogens with one attached hydrogen (secondary N) is 5. The van der Waals surface area contributed by atoms with E-state index in [2.05, 4.69) is 140 Å². The van der Waals surface area contributed by atoms with Crippen molar-refractivity contribution in [2.45, 2.75) is 186 Å². The number of hydrogen-bond acceptors (Lipinski definition) is 31. The molecule has 5 N–H and O–H groups in total. The maximum atomic E-state index is 15.2. The van der Waals surface area contributed by atoms with Gasteiger partial charge in [0.25, 0.3) is 11.8 Å². The third kappa shape index (κ3) is 30.7. The van der Waals surface area contributed by atoms with E-state index in [1.54, 1.807) is 47.9 Å². The summed E-state index contributed by atoms with van der Waals surface area (Å²) in [6.45, 7) is 49.3. The van der Waals surface area contributed by atoms with Crippen molar-refractivity contribution in [1.82, 2.24) is 20.4 Å². The van der Waals surface area contributed by atoms with Crippen molar-refractivity contribution in [2.24, 2.45) is 5.92 Å². The topological polar surface area (TPSA) is 464 Å². The van der Waals surface area contributed by atoms with Crippen molar-refractivity contribution >= 4 is 106 Å². The van der Waals surface area contributed by atoms with Crippen molar-refractivity contribution in [3.63, 3.8) is 0 Å². The molecule has 0 saturated carbocycles. The minimum atomic E-state index is -2.39. The lowest BCUT2D eigenvalue weighted by Crippen LogP contribution is -2.64. The SMILES string of the molecule is C=CCOC(=O)N[C@H](C(=O)N[C@@H](C)C(=O)Nc1ccc(COC(=O)Nc2cc(OCCCOc3cc(NC(=O)OCc4ccc(O[C@@H]5O[C@H](C(=O)OCC=C)[C@@H](OC(=O)OCC=C)[C@H](OC(=O)OCC=C)[C@H]5OC(=O)OCC=C)c([N+](=O)[O-])c4)c(C(=O)N4CC(=C)C[C@H]4CO[Si](C)(C)C(C)(C)C)cc3OC)c(OC)cc2C(=O)N2CC(=C)C[C@H]2CO[Si](C)(C)C(C)(C)C)cc1)C(C)C. The normalized spacial score (nSPS) is 17.6. The van der Waals surface area contributed by atoms with E-state index in [1.807, 2.05) is 0 Å². The number of esters is 1. The van der Waals surface area contributed by atoms with Gasteiger partial charge in [0.05, 0.1) is 80.2 Å². The molecule has 3 aliphatic heterocycles. The van der Waals surface area contributed by atoms with Crippen LogP contribution >= 0.6 is 0 Å². The summed E-state index contributed by atoms with van der Waals surface area (Å²) in [7, 11) is -2.01. The Morgan fingerprint density at radius 2 is 0.962 bits per heavy atom. The molecule has 3 heterocycles. The predicted molar refractivity (Wildman–Crippen MR) is 491 cm³/mol. The van der Waals surface area contributed by atoms with Gasteiger partial charge in [0, 0.05) is 43.4 Å². The molecule has 9 atom stereocenters. The number of benzene rings is 4. The van der Waals surface area contributed by atoms with Gasteiger partial charge in [-0.1, -0.05) is 161 Å². The number of amides is 7. The molecular weight excluding hydrogens is 1770 g/mol. The van der Waals surface area contributed by atoms with E-state index in [9.17, 15) is 53.3 Å². The summed E-state index contributed by atoms with van der Waals surface area (Å²) in [6, 6.07) is 12.1. The molecule has 41 heteroatoms. The van der Waals surface area contributed by atoms with Crippen LogP contribution in [0.4, 0.5) is 51.5 Å². The summed E-state index contributed by atoms with van der Waals surface area (Å²) in [5.74, 6) is -4.40. The molecule has 724 valence electrons. The number of carbonyl (C=O) groups excluding carboxylic acids is 11. The summed E-state index contributed by atoms with van der Waals surface area (Å²) in [5, 5.41) is 26.0. The van der Waals surface area contributed by atoms with Gasteiger partial charge in [-0.05, 0) is 103 Å². The number of nitro benzene ring substituents is 1. The summed E-state index contributed by atoms with van der Waals surface area (Å²) >= 11 is 0. The van der Waals surface area contributed by atoms with E-state index < -0.39 is 187 Å². The van der Waals surface area contributed by atoms with Crippen LogP contribution in [0.3, 0.4) is 0 Å². The third-order valence-electron chi connectivity index (χ3n) is 21.9. The van der Waals surface area contributed by atoms with Crippen LogP contribution in [0, 0.1) is 16.0 Å². The maximum Gasteiger partial charge on any atom is 0.509 e. The highest BCUT2D eigenvalue weighted by Gasteiger charge is 2.58. The molecule has 0 bridgehead atoms. The predicted octanol–water partition coefficient (Wildman–Crippen LogP) is 14.9. The number of methoxy groups -OCH3 is 2. The number of anilines is 3. The highest BCUT2D eigenvalue weighted by Crippen LogP contribution is 2.43. The first-order chi connectivity index (χ1) is 62.8. The summed E-state index contributed by atoms with van der Waals surface area (Å²) in [6.07, 6.45) is -11.4. The molecule has 0 aliphatic carbocycles. The second kappa shape index (κ2) is 49.3. The van der Waals surface area contributed by atoms with Crippen molar-refractivity contribution < 1.29 is 142 Å². The number of likely N-dealkylation sites (tertiary alicyclic amines) is 2. The molecule has 0 spiro atoms. The number of carbonyl (C=O) groups is 11. The van der Waals surface area contributed by atoms with Gasteiger partial charge in [0.1, 0.15) is 58.3 Å². The number of nitrogens with zero attached hydrogens (tertiary/aromatic N) is 3. The van der Waals surface area contributed by atoms with Crippen molar-refractivity contribution in [1.29, 1.82) is 0 Å². The fraction of sp³-hybridized carbons (Fsp3) is 0.467. The lowest BCUT2D eigenvalue weighted by molar-refractivity contribution is -0.387. The van der Waals surface area contributed by atoms with Gasteiger partial charge < -0.3 is 110 Å². The van der Waals surface area contributed by atoms with E-state index in [-0.39, 0.29) is 126 Å². The molecule has 39 nitrogen and oxygen atoms in total. The van der Waals surface area contributed by atoms with E-state index in [0.29, 0.717) is 24.1 Å². The first kappa shape index (κ1) is 107. The summed E-state index contributed by atoms with van der Waals surface area (Å²) in [4.78, 5) is 166. The van der Waals surface area contributed by atoms with Gasteiger partial charge in [-0.3, -0.25) is 39.9 Å². The quantitative estimate of drug-likeness (QED) is 0.00522. The fourth-order valence-corrected chi connectivity index (χ4v) is 14.9. The van der Waals surface area contributed by atoms with Crippen LogP contribution in [0.25, 0.3) is 0 Å². The number of alkyl carbamates (subject to hydrolysis) is 1. The average molecular weight is 1890 g/mol. The van der Waals surface area contributed by atoms with Gasteiger partial charge in [-0.25, -0.2) is 33.6 Å². The molecule has 0 radical (unpaired) electrons. The van der Waals surface area contributed by atoms with Crippen LogP contribution in [-0.2, 0) is 88.6 Å².